The van der Waals surface area contributed by atoms with Gasteiger partial charge in [-0.2, -0.15) is 5.10 Å². The van der Waals surface area contributed by atoms with E-state index in [1.165, 1.54) is 0 Å². The predicted molar refractivity (Wildman–Crippen MR) is 98.3 cm³/mol. The molecule has 26 heavy (non-hydrogen) atoms. The van der Waals surface area contributed by atoms with Crippen LogP contribution in [0.25, 0.3) is 0 Å². The lowest BCUT2D eigenvalue weighted by atomic mass is 10.1. The standard InChI is InChI=1S/C19H20ClN3O3/c1-12-5-4-6-13(2)18(12)25-11-14-7-8-17(26-14)19(24)21-10-16-15(20)9-22-23(16)3/h4-9H,10-11H2,1-3H3,(H,21,24). The maximum atomic E-state index is 12.2. The normalized spacial score (nSPS) is 10.8. The van der Waals surface area contributed by atoms with E-state index in [9.17, 15) is 4.79 Å². The lowest BCUT2D eigenvalue weighted by Gasteiger charge is -2.10. The molecule has 3 aromatic rings. The number of aryl methyl sites for hydroxylation is 3. The first-order chi connectivity index (χ1) is 12.5. The fourth-order valence-electron chi connectivity index (χ4n) is 2.63. The molecule has 0 aliphatic heterocycles. The molecule has 0 atom stereocenters. The molecule has 3 rings (SSSR count). The largest absolute Gasteiger partial charge is 0.485 e. The topological polar surface area (TPSA) is 69.3 Å². The Morgan fingerprint density at radius 2 is 2.00 bits per heavy atom. The second kappa shape index (κ2) is 7.66. The number of ether oxygens (including phenoxy) is 1. The molecule has 1 aromatic carbocycles. The van der Waals surface area contributed by atoms with Gasteiger partial charge in [-0.25, -0.2) is 0 Å². The molecule has 1 N–H and O–H groups in total. The van der Waals surface area contributed by atoms with Crippen LogP contribution in [0, 0.1) is 13.8 Å². The SMILES string of the molecule is Cc1cccc(C)c1OCc1ccc(C(=O)NCc2c(Cl)cnn2C)o1. The Kier molecular flexibility index (Phi) is 5.32. The van der Waals surface area contributed by atoms with E-state index in [1.807, 2.05) is 32.0 Å². The van der Waals surface area contributed by atoms with Crippen LogP contribution in [0.3, 0.4) is 0 Å². The van der Waals surface area contributed by atoms with Gasteiger partial charge in [-0.05, 0) is 37.1 Å². The molecule has 1 amide bonds. The first-order valence-electron chi connectivity index (χ1n) is 8.18. The van der Waals surface area contributed by atoms with E-state index in [0.29, 0.717) is 10.8 Å². The summed E-state index contributed by atoms with van der Waals surface area (Å²) in [5, 5.41) is 7.31. The maximum Gasteiger partial charge on any atom is 0.287 e. The van der Waals surface area contributed by atoms with Crippen LogP contribution in [-0.4, -0.2) is 15.7 Å². The molecular formula is C19H20ClN3O3. The summed E-state index contributed by atoms with van der Waals surface area (Å²) in [5.74, 6) is 1.32. The summed E-state index contributed by atoms with van der Waals surface area (Å²) in [7, 11) is 1.77. The van der Waals surface area contributed by atoms with Gasteiger partial charge in [0.25, 0.3) is 5.91 Å². The number of nitrogens with one attached hydrogen (secondary N) is 1. The molecule has 0 unspecified atom stereocenters. The van der Waals surface area contributed by atoms with E-state index in [1.54, 1.807) is 30.1 Å². The number of benzene rings is 1. The van der Waals surface area contributed by atoms with Gasteiger partial charge in [-0.3, -0.25) is 9.48 Å². The van der Waals surface area contributed by atoms with E-state index < -0.39 is 0 Å². The molecule has 2 heterocycles. The minimum Gasteiger partial charge on any atom is -0.485 e. The number of rotatable bonds is 6. The number of carbonyl (C=O) groups excluding carboxylic acids is 1. The van der Waals surface area contributed by atoms with Crippen LogP contribution in [-0.2, 0) is 20.2 Å². The highest BCUT2D eigenvalue weighted by atomic mass is 35.5. The van der Waals surface area contributed by atoms with Crippen LogP contribution in [0.1, 0.15) is 33.1 Å². The molecule has 2 aromatic heterocycles. The average Bonchev–Trinajstić information content (AvgIpc) is 3.20. The van der Waals surface area contributed by atoms with Crippen LogP contribution in [0.15, 0.2) is 40.9 Å². The minimum atomic E-state index is -0.319. The van der Waals surface area contributed by atoms with E-state index in [-0.39, 0.29) is 24.8 Å². The maximum absolute atomic E-state index is 12.2. The number of amides is 1. The van der Waals surface area contributed by atoms with Gasteiger partial charge in [-0.15, -0.1) is 0 Å². The third kappa shape index (κ3) is 3.91. The lowest BCUT2D eigenvalue weighted by molar-refractivity contribution is 0.0918. The molecule has 0 aliphatic rings. The molecule has 0 radical (unpaired) electrons. The van der Waals surface area contributed by atoms with Gasteiger partial charge >= 0.3 is 0 Å². The van der Waals surface area contributed by atoms with Gasteiger partial charge in [0.15, 0.2) is 5.76 Å². The van der Waals surface area contributed by atoms with Crippen LogP contribution in [0.5, 0.6) is 5.75 Å². The Labute approximate surface area is 156 Å². The zero-order chi connectivity index (χ0) is 18.7. The van der Waals surface area contributed by atoms with Crippen molar-refractivity contribution >= 4 is 17.5 Å². The van der Waals surface area contributed by atoms with Gasteiger partial charge in [0, 0.05) is 7.05 Å². The van der Waals surface area contributed by atoms with Gasteiger partial charge in [0.2, 0.25) is 0 Å². The van der Waals surface area contributed by atoms with Crippen LogP contribution < -0.4 is 10.1 Å². The Morgan fingerprint density at radius 3 is 2.65 bits per heavy atom. The van der Waals surface area contributed by atoms with Crippen molar-refractivity contribution in [2.75, 3.05) is 0 Å². The number of carbonyl (C=O) groups is 1. The predicted octanol–water partition coefficient (Wildman–Crippen LogP) is 3.79. The number of aromatic nitrogens is 2. The van der Waals surface area contributed by atoms with Crippen molar-refractivity contribution in [3.05, 3.63) is 69.9 Å². The number of hydrogen-bond acceptors (Lipinski definition) is 4. The Hall–Kier alpha value is -2.73. The van der Waals surface area contributed by atoms with Crippen LogP contribution in [0.4, 0.5) is 0 Å². The quantitative estimate of drug-likeness (QED) is 0.713. The average molecular weight is 374 g/mol. The van der Waals surface area contributed by atoms with Crippen molar-refractivity contribution in [3.8, 4) is 5.75 Å². The zero-order valence-electron chi connectivity index (χ0n) is 14.9. The molecule has 0 aliphatic carbocycles. The summed E-state index contributed by atoms with van der Waals surface area (Å²) in [4.78, 5) is 12.2. The number of furan rings is 1. The summed E-state index contributed by atoms with van der Waals surface area (Å²) >= 11 is 6.03. The highest BCUT2D eigenvalue weighted by Crippen LogP contribution is 2.23. The van der Waals surface area contributed by atoms with Crippen molar-refractivity contribution in [3.63, 3.8) is 0 Å². The monoisotopic (exact) mass is 373 g/mol. The highest BCUT2D eigenvalue weighted by Gasteiger charge is 2.14. The third-order valence-electron chi connectivity index (χ3n) is 4.08. The Bertz CT molecular complexity index is 890. The van der Waals surface area contributed by atoms with Crippen molar-refractivity contribution in [1.82, 2.24) is 15.1 Å². The van der Waals surface area contributed by atoms with Crippen LogP contribution >= 0.6 is 11.6 Å². The molecule has 0 saturated heterocycles. The summed E-state index contributed by atoms with van der Waals surface area (Å²) < 4.78 is 13.0. The second-order valence-corrected chi connectivity index (χ2v) is 6.43. The minimum absolute atomic E-state index is 0.225. The summed E-state index contributed by atoms with van der Waals surface area (Å²) in [6.07, 6.45) is 1.54. The second-order valence-electron chi connectivity index (χ2n) is 6.02. The van der Waals surface area contributed by atoms with E-state index in [2.05, 4.69) is 10.4 Å². The van der Waals surface area contributed by atoms with E-state index >= 15 is 0 Å². The van der Waals surface area contributed by atoms with Gasteiger partial charge in [0.1, 0.15) is 18.1 Å². The molecule has 0 fully saturated rings. The van der Waals surface area contributed by atoms with E-state index in [4.69, 9.17) is 20.8 Å². The van der Waals surface area contributed by atoms with Gasteiger partial charge in [-0.1, -0.05) is 29.8 Å². The fraction of sp³-hybridized carbons (Fsp3) is 0.263. The number of hydrogen-bond donors (Lipinski definition) is 1. The van der Waals surface area contributed by atoms with Crippen molar-refractivity contribution in [2.24, 2.45) is 7.05 Å². The molecule has 0 spiro atoms. The zero-order valence-corrected chi connectivity index (χ0v) is 15.6. The highest BCUT2D eigenvalue weighted by molar-refractivity contribution is 6.31. The number of halogens is 1. The summed E-state index contributed by atoms with van der Waals surface area (Å²) in [6, 6.07) is 9.34. The molecule has 136 valence electrons. The summed E-state index contributed by atoms with van der Waals surface area (Å²) in [6.45, 7) is 4.51. The van der Waals surface area contributed by atoms with Crippen molar-refractivity contribution in [2.45, 2.75) is 27.0 Å². The molecule has 0 bridgehead atoms. The molecule has 6 nitrogen and oxygen atoms in total. The first-order valence-corrected chi connectivity index (χ1v) is 8.56. The van der Waals surface area contributed by atoms with Gasteiger partial charge in [0.05, 0.1) is 23.5 Å². The fourth-order valence-corrected chi connectivity index (χ4v) is 2.87. The van der Waals surface area contributed by atoms with Crippen LogP contribution in [0.2, 0.25) is 5.02 Å². The van der Waals surface area contributed by atoms with Gasteiger partial charge < -0.3 is 14.5 Å². The van der Waals surface area contributed by atoms with E-state index in [0.717, 1.165) is 22.6 Å². The lowest BCUT2D eigenvalue weighted by Crippen LogP contribution is -2.23. The first kappa shape index (κ1) is 18.1. The smallest absolute Gasteiger partial charge is 0.287 e. The molecule has 0 saturated carbocycles. The van der Waals surface area contributed by atoms with Crippen molar-refractivity contribution in [1.29, 1.82) is 0 Å². The van der Waals surface area contributed by atoms with Crippen molar-refractivity contribution < 1.29 is 13.9 Å². The molecule has 7 heteroatoms. The molecular weight excluding hydrogens is 354 g/mol. The Balaban J connectivity index is 1.60. The number of nitrogens with zero attached hydrogens (tertiary/aromatic N) is 2. The number of para-hydroxylation sites is 1. The summed E-state index contributed by atoms with van der Waals surface area (Å²) in [5.41, 5.74) is 2.84. The Morgan fingerprint density at radius 1 is 1.27 bits per heavy atom. The third-order valence-corrected chi connectivity index (χ3v) is 4.40.